The van der Waals surface area contributed by atoms with Crippen molar-refractivity contribution in [1.29, 1.82) is 0 Å². The van der Waals surface area contributed by atoms with Gasteiger partial charge in [-0.3, -0.25) is 14.5 Å². The minimum atomic E-state index is -0.337. The summed E-state index contributed by atoms with van der Waals surface area (Å²) in [7, 11) is 0. The number of carbonyl (C=O) groups excluding carboxylic acids is 2. The van der Waals surface area contributed by atoms with Crippen molar-refractivity contribution in [3.63, 3.8) is 0 Å². The molecule has 5 heteroatoms. The number of carbonyl (C=O) groups is 2. The van der Waals surface area contributed by atoms with E-state index in [-0.39, 0.29) is 24.1 Å². The summed E-state index contributed by atoms with van der Waals surface area (Å²) in [5, 5.41) is 3.21. The molecule has 1 N–H and O–H groups in total. The molecule has 4 rings (SSSR count). The lowest BCUT2D eigenvalue weighted by Gasteiger charge is -2.15. The van der Waals surface area contributed by atoms with E-state index in [1.165, 1.54) is 4.90 Å². The Kier molecular flexibility index (Phi) is 6.08. The molecule has 3 aromatic carbocycles. The highest BCUT2D eigenvalue weighted by Crippen LogP contribution is 2.34. The normalized spacial score (nSPS) is 13.7. The van der Waals surface area contributed by atoms with Gasteiger partial charge in [-0.2, -0.15) is 0 Å². The lowest BCUT2D eigenvalue weighted by Crippen LogP contribution is -2.32. The third-order valence-electron chi connectivity index (χ3n) is 5.42. The highest BCUT2D eigenvalue weighted by Gasteiger charge is 2.39. The average molecular weight is 427 g/mol. The molecule has 0 fully saturated rings. The molecular weight excluding hydrogens is 400 g/mol. The third kappa shape index (κ3) is 4.28. The van der Waals surface area contributed by atoms with Crippen LogP contribution in [0.3, 0.4) is 0 Å². The fraction of sp³-hybridized carbons (Fsp3) is 0.185. The molecule has 32 heavy (non-hydrogen) atoms. The molecule has 2 amide bonds. The van der Waals surface area contributed by atoms with Crippen molar-refractivity contribution in [3.8, 4) is 5.75 Å². The van der Waals surface area contributed by atoms with Gasteiger partial charge in [0.1, 0.15) is 11.4 Å². The summed E-state index contributed by atoms with van der Waals surface area (Å²) in [4.78, 5) is 28.3. The number of aryl methyl sites for hydroxylation is 2. The van der Waals surface area contributed by atoms with Crippen molar-refractivity contribution in [2.75, 3.05) is 11.9 Å². The number of amides is 2. The van der Waals surface area contributed by atoms with Gasteiger partial charge in [0.05, 0.1) is 18.7 Å². The van der Waals surface area contributed by atoms with Crippen LogP contribution >= 0.6 is 0 Å². The van der Waals surface area contributed by atoms with E-state index >= 15 is 0 Å². The van der Waals surface area contributed by atoms with Crippen molar-refractivity contribution < 1.29 is 14.3 Å². The number of rotatable bonds is 7. The number of ether oxygens (including phenoxy) is 1. The average Bonchev–Trinajstić information content (AvgIpc) is 2.99. The van der Waals surface area contributed by atoms with Crippen LogP contribution in [-0.2, 0) is 16.1 Å². The summed E-state index contributed by atoms with van der Waals surface area (Å²) < 4.78 is 5.58. The quantitative estimate of drug-likeness (QED) is 0.535. The van der Waals surface area contributed by atoms with E-state index in [0.29, 0.717) is 23.6 Å². The second kappa shape index (κ2) is 9.10. The summed E-state index contributed by atoms with van der Waals surface area (Å²) in [5.74, 6) is 0.0639. The summed E-state index contributed by atoms with van der Waals surface area (Å²) in [5.41, 5.74) is 5.07. The Hall–Kier alpha value is -3.86. The molecule has 1 aliphatic heterocycles. The van der Waals surface area contributed by atoms with Gasteiger partial charge in [0.15, 0.2) is 0 Å². The summed E-state index contributed by atoms with van der Waals surface area (Å²) in [6, 6.07) is 22.8. The first-order chi connectivity index (χ1) is 15.5. The topological polar surface area (TPSA) is 58.6 Å². The van der Waals surface area contributed by atoms with Crippen molar-refractivity contribution in [3.05, 3.63) is 101 Å². The van der Waals surface area contributed by atoms with Crippen LogP contribution in [0.2, 0.25) is 0 Å². The lowest BCUT2D eigenvalue weighted by atomic mass is 9.97. The number of nitrogens with one attached hydrogen (secondary N) is 1. The second-order valence-electron chi connectivity index (χ2n) is 7.84. The molecule has 162 valence electrons. The lowest BCUT2D eigenvalue weighted by molar-refractivity contribution is -0.137. The summed E-state index contributed by atoms with van der Waals surface area (Å²) in [6.45, 7) is 6.65. The van der Waals surface area contributed by atoms with E-state index in [2.05, 4.69) is 5.32 Å². The van der Waals surface area contributed by atoms with E-state index in [1.54, 1.807) is 0 Å². The molecule has 1 aliphatic rings. The molecule has 0 saturated carbocycles. The van der Waals surface area contributed by atoms with Gasteiger partial charge in [0.25, 0.3) is 11.8 Å². The Morgan fingerprint density at radius 1 is 0.875 bits per heavy atom. The second-order valence-corrected chi connectivity index (χ2v) is 7.84. The fourth-order valence-electron chi connectivity index (χ4n) is 3.92. The highest BCUT2D eigenvalue weighted by atomic mass is 16.5. The van der Waals surface area contributed by atoms with Crippen molar-refractivity contribution in [2.24, 2.45) is 0 Å². The van der Waals surface area contributed by atoms with Gasteiger partial charge in [-0.25, -0.2) is 0 Å². The predicted octanol–water partition coefficient (Wildman–Crippen LogP) is 5.09. The first-order valence-electron chi connectivity index (χ1n) is 10.7. The maximum atomic E-state index is 13.5. The van der Waals surface area contributed by atoms with Crippen molar-refractivity contribution in [2.45, 2.75) is 27.3 Å². The van der Waals surface area contributed by atoms with Crippen molar-refractivity contribution in [1.82, 2.24) is 4.90 Å². The van der Waals surface area contributed by atoms with E-state index in [1.807, 2.05) is 93.6 Å². The van der Waals surface area contributed by atoms with Crippen LogP contribution < -0.4 is 10.1 Å². The molecule has 5 nitrogen and oxygen atoms in total. The molecule has 3 aromatic rings. The Bertz CT molecular complexity index is 1200. The molecule has 0 unspecified atom stereocenters. The molecule has 0 bridgehead atoms. The Morgan fingerprint density at radius 2 is 1.66 bits per heavy atom. The van der Waals surface area contributed by atoms with Crippen LogP contribution in [0.1, 0.15) is 29.2 Å². The SMILES string of the molecule is CCOc1cccc(NC2=C(c3ccc(C)cc3C)C(=O)N(Cc3ccccc3)C2=O)c1. The van der Waals surface area contributed by atoms with Gasteiger partial charge < -0.3 is 10.1 Å². The van der Waals surface area contributed by atoms with Gasteiger partial charge in [-0.1, -0.05) is 60.2 Å². The summed E-state index contributed by atoms with van der Waals surface area (Å²) in [6.07, 6.45) is 0. The first kappa shape index (κ1) is 21.4. The predicted molar refractivity (Wildman–Crippen MR) is 126 cm³/mol. The molecule has 0 aliphatic carbocycles. The smallest absolute Gasteiger partial charge is 0.278 e. The van der Waals surface area contributed by atoms with Gasteiger partial charge in [-0.15, -0.1) is 0 Å². The highest BCUT2D eigenvalue weighted by molar-refractivity contribution is 6.36. The maximum absolute atomic E-state index is 13.5. The zero-order valence-corrected chi connectivity index (χ0v) is 18.5. The van der Waals surface area contributed by atoms with Gasteiger partial charge in [0, 0.05) is 11.8 Å². The fourth-order valence-corrected chi connectivity index (χ4v) is 3.92. The largest absolute Gasteiger partial charge is 0.494 e. The van der Waals surface area contributed by atoms with Gasteiger partial charge in [0.2, 0.25) is 0 Å². The van der Waals surface area contributed by atoms with Crippen LogP contribution in [-0.4, -0.2) is 23.3 Å². The Morgan fingerprint density at radius 3 is 2.38 bits per heavy atom. The standard InChI is InChI=1S/C27H26N2O3/c1-4-32-22-12-8-11-21(16-22)28-25-24(23-14-13-18(2)15-19(23)3)26(30)29(27(25)31)17-20-9-6-5-7-10-20/h5-16,28H,4,17H2,1-3H3. The van der Waals surface area contributed by atoms with E-state index in [9.17, 15) is 9.59 Å². The zero-order valence-electron chi connectivity index (χ0n) is 18.5. The molecule has 0 saturated heterocycles. The molecule has 1 heterocycles. The van der Waals surface area contributed by atoms with Gasteiger partial charge in [-0.05, 0) is 49.6 Å². The maximum Gasteiger partial charge on any atom is 0.278 e. The van der Waals surface area contributed by atoms with E-state index < -0.39 is 0 Å². The molecule has 0 aromatic heterocycles. The Balaban J connectivity index is 1.76. The number of nitrogens with zero attached hydrogens (tertiary/aromatic N) is 1. The number of benzene rings is 3. The third-order valence-corrected chi connectivity index (χ3v) is 5.42. The minimum Gasteiger partial charge on any atom is -0.494 e. The minimum absolute atomic E-state index is 0.219. The summed E-state index contributed by atoms with van der Waals surface area (Å²) >= 11 is 0. The molecule has 0 radical (unpaired) electrons. The molecule has 0 atom stereocenters. The number of hydrogen-bond donors (Lipinski definition) is 1. The molecule has 0 spiro atoms. The van der Waals surface area contributed by atoms with E-state index in [0.717, 1.165) is 22.3 Å². The first-order valence-corrected chi connectivity index (χ1v) is 10.7. The van der Waals surface area contributed by atoms with Crippen LogP contribution in [0.25, 0.3) is 5.57 Å². The van der Waals surface area contributed by atoms with Crippen LogP contribution in [0.15, 0.2) is 78.5 Å². The number of hydrogen-bond acceptors (Lipinski definition) is 4. The monoisotopic (exact) mass is 426 g/mol. The van der Waals surface area contributed by atoms with E-state index in [4.69, 9.17) is 4.74 Å². The number of imide groups is 1. The van der Waals surface area contributed by atoms with Crippen LogP contribution in [0.4, 0.5) is 5.69 Å². The van der Waals surface area contributed by atoms with Crippen LogP contribution in [0, 0.1) is 13.8 Å². The number of anilines is 1. The van der Waals surface area contributed by atoms with Crippen molar-refractivity contribution >= 4 is 23.1 Å². The van der Waals surface area contributed by atoms with Crippen LogP contribution in [0.5, 0.6) is 5.75 Å². The molecular formula is C27H26N2O3. The zero-order chi connectivity index (χ0) is 22.7. The Labute approximate surface area is 188 Å². The van der Waals surface area contributed by atoms with Gasteiger partial charge >= 0.3 is 0 Å².